The first-order chi connectivity index (χ1) is 10.1. The summed E-state index contributed by atoms with van der Waals surface area (Å²) in [5.41, 5.74) is 6.80. The highest BCUT2D eigenvalue weighted by Crippen LogP contribution is 2.18. The standard InChI is InChI=1S/C15H23N3O3/c1-11(10-18-3-5-21-6-4-18)17-15(19)12-7-13(16)9-14(8-12)20-2/h7-9,11H,3-6,10,16H2,1-2H3,(H,17,19). The number of ether oxygens (including phenoxy) is 2. The Morgan fingerprint density at radius 1 is 1.43 bits per heavy atom. The number of nitrogens with one attached hydrogen (secondary N) is 1. The van der Waals surface area contributed by atoms with Crippen LogP contribution in [0.3, 0.4) is 0 Å². The quantitative estimate of drug-likeness (QED) is 0.783. The number of carbonyl (C=O) groups excluding carboxylic acids is 1. The van der Waals surface area contributed by atoms with Crippen molar-refractivity contribution in [3.05, 3.63) is 23.8 Å². The van der Waals surface area contributed by atoms with E-state index in [2.05, 4.69) is 10.2 Å². The summed E-state index contributed by atoms with van der Waals surface area (Å²) in [6.45, 7) is 6.14. The molecule has 0 aromatic heterocycles. The number of rotatable bonds is 5. The molecular weight excluding hydrogens is 270 g/mol. The van der Waals surface area contributed by atoms with Crippen LogP contribution in [0.1, 0.15) is 17.3 Å². The first-order valence-electron chi connectivity index (χ1n) is 7.14. The number of anilines is 1. The van der Waals surface area contributed by atoms with Crippen LogP contribution in [-0.4, -0.2) is 56.8 Å². The van der Waals surface area contributed by atoms with Crippen molar-refractivity contribution in [2.45, 2.75) is 13.0 Å². The fraction of sp³-hybridized carbons (Fsp3) is 0.533. The van der Waals surface area contributed by atoms with Crippen molar-refractivity contribution in [2.24, 2.45) is 0 Å². The van der Waals surface area contributed by atoms with Gasteiger partial charge < -0.3 is 20.5 Å². The highest BCUT2D eigenvalue weighted by atomic mass is 16.5. The summed E-state index contributed by atoms with van der Waals surface area (Å²) in [5.74, 6) is 0.447. The molecule has 1 saturated heterocycles. The zero-order chi connectivity index (χ0) is 15.2. The van der Waals surface area contributed by atoms with Gasteiger partial charge in [-0.3, -0.25) is 9.69 Å². The number of amides is 1. The second-order valence-corrected chi connectivity index (χ2v) is 5.28. The second kappa shape index (κ2) is 7.28. The van der Waals surface area contributed by atoms with E-state index in [1.54, 1.807) is 25.3 Å². The summed E-state index contributed by atoms with van der Waals surface area (Å²) in [6, 6.07) is 5.09. The summed E-state index contributed by atoms with van der Waals surface area (Å²) in [7, 11) is 1.55. The minimum Gasteiger partial charge on any atom is -0.497 e. The molecule has 0 bridgehead atoms. The van der Waals surface area contributed by atoms with Gasteiger partial charge >= 0.3 is 0 Å². The van der Waals surface area contributed by atoms with E-state index >= 15 is 0 Å². The van der Waals surface area contributed by atoms with E-state index in [0.717, 1.165) is 32.8 Å². The van der Waals surface area contributed by atoms with Gasteiger partial charge in [-0.1, -0.05) is 0 Å². The molecule has 0 radical (unpaired) electrons. The Morgan fingerprint density at radius 2 is 2.14 bits per heavy atom. The van der Waals surface area contributed by atoms with Crippen LogP contribution in [0.15, 0.2) is 18.2 Å². The van der Waals surface area contributed by atoms with Crippen molar-refractivity contribution in [2.75, 3.05) is 45.7 Å². The molecule has 0 saturated carbocycles. The molecule has 1 heterocycles. The van der Waals surface area contributed by atoms with E-state index in [0.29, 0.717) is 17.0 Å². The number of nitrogen functional groups attached to an aromatic ring is 1. The highest BCUT2D eigenvalue weighted by molar-refractivity contribution is 5.95. The van der Waals surface area contributed by atoms with Crippen LogP contribution in [-0.2, 0) is 4.74 Å². The molecule has 1 atom stereocenters. The normalized spacial score (nSPS) is 17.2. The van der Waals surface area contributed by atoms with Crippen LogP contribution in [0, 0.1) is 0 Å². The number of benzene rings is 1. The average Bonchev–Trinajstić information content (AvgIpc) is 2.47. The van der Waals surface area contributed by atoms with Crippen LogP contribution in [0.4, 0.5) is 5.69 Å². The Bertz CT molecular complexity index is 487. The summed E-state index contributed by atoms with van der Waals surface area (Å²) >= 11 is 0. The molecule has 1 aliphatic rings. The fourth-order valence-corrected chi connectivity index (χ4v) is 2.39. The van der Waals surface area contributed by atoms with Crippen LogP contribution >= 0.6 is 0 Å². The van der Waals surface area contributed by atoms with Gasteiger partial charge in [0.15, 0.2) is 0 Å². The van der Waals surface area contributed by atoms with E-state index in [1.165, 1.54) is 0 Å². The lowest BCUT2D eigenvalue weighted by Gasteiger charge is -2.29. The number of hydrogen-bond donors (Lipinski definition) is 2. The number of nitrogens with zero attached hydrogens (tertiary/aromatic N) is 1. The third-order valence-electron chi connectivity index (χ3n) is 3.44. The predicted molar refractivity (Wildman–Crippen MR) is 81.6 cm³/mol. The number of morpholine rings is 1. The molecule has 1 fully saturated rings. The van der Waals surface area contributed by atoms with Gasteiger partial charge in [0, 0.05) is 43.0 Å². The van der Waals surface area contributed by atoms with Crippen molar-refractivity contribution in [3.63, 3.8) is 0 Å². The summed E-state index contributed by atoms with van der Waals surface area (Å²) in [4.78, 5) is 14.5. The smallest absolute Gasteiger partial charge is 0.251 e. The first-order valence-corrected chi connectivity index (χ1v) is 7.14. The van der Waals surface area contributed by atoms with Crippen molar-refractivity contribution >= 4 is 11.6 Å². The first kappa shape index (κ1) is 15.6. The average molecular weight is 293 g/mol. The van der Waals surface area contributed by atoms with E-state index in [-0.39, 0.29) is 11.9 Å². The summed E-state index contributed by atoms with van der Waals surface area (Å²) in [5, 5.41) is 2.99. The third-order valence-corrected chi connectivity index (χ3v) is 3.44. The van der Waals surface area contributed by atoms with Crippen LogP contribution in [0.25, 0.3) is 0 Å². The molecular formula is C15H23N3O3. The van der Waals surface area contributed by atoms with Crippen molar-refractivity contribution in [1.82, 2.24) is 10.2 Å². The number of methoxy groups -OCH3 is 1. The molecule has 21 heavy (non-hydrogen) atoms. The van der Waals surface area contributed by atoms with Gasteiger partial charge in [0.05, 0.1) is 20.3 Å². The molecule has 2 rings (SSSR count). The zero-order valence-electron chi connectivity index (χ0n) is 12.6. The Balaban J connectivity index is 1.92. The van der Waals surface area contributed by atoms with Gasteiger partial charge in [-0.05, 0) is 19.1 Å². The van der Waals surface area contributed by atoms with Gasteiger partial charge in [0.2, 0.25) is 0 Å². The molecule has 6 nitrogen and oxygen atoms in total. The maximum atomic E-state index is 12.3. The topological polar surface area (TPSA) is 76.8 Å². The Labute approximate surface area is 125 Å². The van der Waals surface area contributed by atoms with Gasteiger partial charge in [-0.15, -0.1) is 0 Å². The lowest BCUT2D eigenvalue weighted by atomic mass is 10.1. The Kier molecular flexibility index (Phi) is 5.41. The lowest BCUT2D eigenvalue weighted by Crippen LogP contribution is -2.46. The highest BCUT2D eigenvalue weighted by Gasteiger charge is 2.16. The van der Waals surface area contributed by atoms with E-state index in [9.17, 15) is 4.79 Å². The van der Waals surface area contributed by atoms with Crippen molar-refractivity contribution in [3.8, 4) is 5.75 Å². The monoisotopic (exact) mass is 293 g/mol. The molecule has 1 aromatic rings. The summed E-state index contributed by atoms with van der Waals surface area (Å²) < 4.78 is 10.4. The molecule has 0 aliphatic carbocycles. The van der Waals surface area contributed by atoms with E-state index in [1.807, 2.05) is 6.92 Å². The Morgan fingerprint density at radius 3 is 2.81 bits per heavy atom. The number of hydrogen-bond acceptors (Lipinski definition) is 5. The van der Waals surface area contributed by atoms with Crippen molar-refractivity contribution < 1.29 is 14.3 Å². The van der Waals surface area contributed by atoms with Crippen LogP contribution in [0.2, 0.25) is 0 Å². The minimum absolute atomic E-state index is 0.0584. The van der Waals surface area contributed by atoms with Gasteiger partial charge in [-0.25, -0.2) is 0 Å². The number of carbonyl (C=O) groups is 1. The molecule has 116 valence electrons. The Hall–Kier alpha value is -1.79. The molecule has 3 N–H and O–H groups in total. The molecule has 1 aliphatic heterocycles. The fourth-order valence-electron chi connectivity index (χ4n) is 2.39. The maximum Gasteiger partial charge on any atom is 0.251 e. The third kappa shape index (κ3) is 4.61. The SMILES string of the molecule is COc1cc(N)cc(C(=O)NC(C)CN2CCOCC2)c1. The molecule has 1 unspecified atom stereocenters. The number of nitrogens with two attached hydrogens (primary N) is 1. The van der Waals surface area contributed by atoms with Crippen molar-refractivity contribution in [1.29, 1.82) is 0 Å². The minimum atomic E-state index is -0.138. The van der Waals surface area contributed by atoms with E-state index < -0.39 is 0 Å². The lowest BCUT2D eigenvalue weighted by molar-refractivity contribution is 0.0342. The van der Waals surface area contributed by atoms with Crippen LogP contribution < -0.4 is 15.8 Å². The molecule has 1 aromatic carbocycles. The van der Waals surface area contributed by atoms with Gasteiger partial charge in [0.25, 0.3) is 5.91 Å². The van der Waals surface area contributed by atoms with Crippen LogP contribution in [0.5, 0.6) is 5.75 Å². The van der Waals surface area contributed by atoms with E-state index in [4.69, 9.17) is 15.2 Å². The maximum absolute atomic E-state index is 12.3. The zero-order valence-corrected chi connectivity index (χ0v) is 12.6. The molecule has 0 spiro atoms. The summed E-state index contributed by atoms with van der Waals surface area (Å²) in [6.07, 6.45) is 0. The second-order valence-electron chi connectivity index (χ2n) is 5.28. The molecule has 1 amide bonds. The van der Waals surface area contributed by atoms with Gasteiger partial charge in [0.1, 0.15) is 5.75 Å². The predicted octanol–water partition coefficient (Wildman–Crippen LogP) is 0.728. The van der Waals surface area contributed by atoms with Gasteiger partial charge in [-0.2, -0.15) is 0 Å². The largest absolute Gasteiger partial charge is 0.497 e. The molecule has 6 heteroatoms.